The molecule has 178 valence electrons. The smallest absolute Gasteiger partial charge is 0.303 e. The minimum absolute atomic E-state index is 0. The zero-order valence-electron chi connectivity index (χ0n) is 18.9. The van der Waals surface area contributed by atoms with E-state index in [0.717, 1.165) is 48.2 Å². The lowest BCUT2D eigenvalue weighted by atomic mass is 9.90. The van der Waals surface area contributed by atoms with Gasteiger partial charge in [0.05, 0.1) is 19.2 Å². The fraction of sp³-hybridized carbons (Fsp3) is 0.346. The molecule has 1 N–H and O–H groups in total. The monoisotopic (exact) mass is 481 g/mol. The van der Waals surface area contributed by atoms with Crippen molar-refractivity contribution in [3.05, 3.63) is 70.8 Å². The molecule has 8 heteroatoms. The summed E-state index contributed by atoms with van der Waals surface area (Å²) in [5.41, 5.74) is 3.98. The first kappa shape index (κ1) is 24.0. The maximum absolute atomic E-state index is 14.6. The highest BCUT2D eigenvalue weighted by Gasteiger charge is 2.34. The largest absolute Gasteiger partial charge is 0.497 e. The van der Waals surface area contributed by atoms with Gasteiger partial charge < -0.3 is 9.84 Å². The molecule has 34 heavy (non-hydrogen) atoms. The molecule has 0 radical (unpaired) electrons. The van der Waals surface area contributed by atoms with Crippen molar-refractivity contribution in [2.75, 3.05) is 7.11 Å². The molecule has 1 atom stereocenters. The highest BCUT2D eigenvalue weighted by molar-refractivity contribution is 7.59. The summed E-state index contributed by atoms with van der Waals surface area (Å²) in [5, 5.41) is 17.9. The SMILES string of the molecule is COc1ccc(F)c(-n2nnc(/C=C/c3cccc([C@@H](CC(=O)O)C4CC4)c3)c2C2CC2)c1.S. The molecule has 0 spiro atoms. The molecule has 6 nitrogen and oxygen atoms in total. The Bertz CT molecular complexity index is 1220. The maximum atomic E-state index is 14.6. The first-order valence-corrected chi connectivity index (χ1v) is 11.3. The van der Waals surface area contributed by atoms with Crippen molar-refractivity contribution in [3.63, 3.8) is 0 Å². The number of hydrogen-bond donors (Lipinski definition) is 1. The molecule has 1 aromatic heterocycles. The van der Waals surface area contributed by atoms with Crippen molar-refractivity contribution >= 4 is 31.6 Å². The van der Waals surface area contributed by atoms with Crippen LogP contribution in [0.25, 0.3) is 17.8 Å². The Labute approximate surface area is 204 Å². The number of carboxylic acid groups (broad SMARTS) is 1. The zero-order chi connectivity index (χ0) is 22.9. The van der Waals surface area contributed by atoms with Gasteiger partial charge in [0.25, 0.3) is 0 Å². The van der Waals surface area contributed by atoms with Crippen LogP contribution in [-0.4, -0.2) is 33.2 Å². The van der Waals surface area contributed by atoms with Crippen LogP contribution in [0, 0.1) is 11.7 Å². The number of aromatic nitrogens is 3. The Hall–Kier alpha value is -3.13. The van der Waals surface area contributed by atoms with Crippen LogP contribution >= 0.6 is 13.5 Å². The normalized spacial score (nSPS) is 16.3. The lowest BCUT2D eigenvalue weighted by Crippen LogP contribution is -2.08. The number of carbonyl (C=O) groups is 1. The van der Waals surface area contributed by atoms with Gasteiger partial charge >= 0.3 is 5.97 Å². The lowest BCUT2D eigenvalue weighted by molar-refractivity contribution is -0.137. The van der Waals surface area contributed by atoms with Gasteiger partial charge in [0.1, 0.15) is 22.9 Å². The summed E-state index contributed by atoms with van der Waals surface area (Å²) in [4.78, 5) is 11.3. The Morgan fingerprint density at radius 2 is 2.00 bits per heavy atom. The van der Waals surface area contributed by atoms with E-state index in [1.165, 1.54) is 6.07 Å². The van der Waals surface area contributed by atoms with E-state index < -0.39 is 5.97 Å². The van der Waals surface area contributed by atoms with E-state index in [-0.39, 0.29) is 31.7 Å². The number of aliphatic carboxylic acids is 1. The van der Waals surface area contributed by atoms with Crippen LogP contribution in [0.4, 0.5) is 4.39 Å². The zero-order valence-corrected chi connectivity index (χ0v) is 19.9. The molecule has 5 rings (SSSR count). The van der Waals surface area contributed by atoms with Crippen LogP contribution in [-0.2, 0) is 4.79 Å². The van der Waals surface area contributed by atoms with Crippen LogP contribution in [0.1, 0.15) is 66.5 Å². The van der Waals surface area contributed by atoms with E-state index in [9.17, 15) is 14.3 Å². The quantitative estimate of drug-likeness (QED) is 0.434. The van der Waals surface area contributed by atoms with Gasteiger partial charge in [-0.2, -0.15) is 13.5 Å². The number of ether oxygens (including phenoxy) is 1. The highest BCUT2D eigenvalue weighted by atomic mass is 32.1. The van der Waals surface area contributed by atoms with E-state index in [1.54, 1.807) is 23.9 Å². The van der Waals surface area contributed by atoms with Crippen molar-refractivity contribution < 1.29 is 19.0 Å². The first-order chi connectivity index (χ1) is 16.0. The van der Waals surface area contributed by atoms with Gasteiger partial charge in [0, 0.05) is 12.0 Å². The van der Waals surface area contributed by atoms with Crippen molar-refractivity contribution in [2.24, 2.45) is 5.92 Å². The third-order valence-corrected chi connectivity index (χ3v) is 6.44. The number of rotatable bonds is 9. The molecule has 2 saturated carbocycles. The molecule has 3 aromatic rings. The topological polar surface area (TPSA) is 77.2 Å². The predicted molar refractivity (Wildman–Crippen MR) is 133 cm³/mol. The molecule has 2 aliphatic carbocycles. The Balaban J connectivity index is 0.00000274. The maximum Gasteiger partial charge on any atom is 0.303 e. The number of methoxy groups -OCH3 is 1. The predicted octanol–water partition coefficient (Wildman–Crippen LogP) is 5.54. The second-order valence-electron chi connectivity index (χ2n) is 8.91. The van der Waals surface area contributed by atoms with Crippen LogP contribution in [0.5, 0.6) is 5.75 Å². The van der Waals surface area contributed by atoms with E-state index in [2.05, 4.69) is 16.4 Å². The van der Waals surface area contributed by atoms with E-state index in [0.29, 0.717) is 23.3 Å². The molecule has 0 unspecified atom stereocenters. The molecule has 2 aromatic carbocycles. The van der Waals surface area contributed by atoms with E-state index in [4.69, 9.17) is 4.74 Å². The molecule has 0 saturated heterocycles. The van der Waals surface area contributed by atoms with Gasteiger partial charge in [-0.05, 0) is 66.9 Å². The van der Waals surface area contributed by atoms with Gasteiger partial charge in [0.2, 0.25) is 0 Å². The summed E-state index contributed by atoms with van der Waals surface area (Å²) < 4.78 is 21.4. The molecular formula is C26H28FN3O3S. The average Bonchev–Trinajstić information content (AvgIpc) is 3.75. The van der Waals surface area contributed by atoms with Crippen molar-refractivity contribution in [1.82, 2.24) is 15.0 Å². The molecule has 0 bridgehead atoms. The Morgan fingerprint density at radius 1 is 1.21 bits per heavy atom. The van der Waals surface area contributed by atoms with Crippen molar-refractivity contribution in [2.45, 2.75) is 43.9 Å². The van der Waals surface area contributed by atoms with Gasteiger partial charge in [-0.15, -0.1) is 5.10 Å². The second kappa shape index (κ2) is 10.0. The van der Waals surface area contributed by atoms with E-state index >= 15 is 0 Å². The molecular weight excluding hydrogens is 453 g/mol. The Morgan fingerprint density at radius 3 is 2.68 bits per heavy atom. The standard InChI is InChI=1S/C26H26FN3O3.H2S/c1-33-20-10-11-22(27)24(14-20)30-26(18-8-9-18)23(28-29-30)12-5-16-3-2-4-19(13-16)21(15-25(31)32)17-6-7-17;/h2-5,10-14,17-18,21H,6-9,15H2,1H3,(H,31,32);1H2/b12-5+;/t21-;/m0./s1. The van der Waals surface area contributed by atoms with Crippen LogP contribution < -0.4 is 4.74 Å². The summed E-state index contributed by atoms with van der Waals surface area (Å²) in [6.45, 7) is 0. The average molecular weight is 482 g/mol. The summed E-state index contributed by atoms with van der Waals surface area (Å²) in [6, 6.07) is 12.6. The fourth-order valence-electron chi connectivity index (χ4n) is 4.43. The Kier molecular flexibility index (Phi) is 7.07. The third-order valence-electron chi connectivity index (χ3n) is 6.44. The fourth-order valence-corrected chi connectivity index (χ4v) is 4.43. The van der Waals surface area contributed by atoms with Crippen LogP contribution in [0.15, 0.2) is 42.5 Å². The summed E-state index contributed by atoms with van der Waals surface area (Å²) >= 11 is 0. The lowest BCUT2D eigenvalue weighted by Gasteiger charge is -2.15. The minimum Gasteiger partial charge on any atom is -0.497 e. The molecule has 1 heterocycles. The number of halogens is 1. The number of nitrogens with zero attached hydrogens (tertiary/aromatic N) is 3. The second-order valence-corrected chi connectivity index (χ2v) is 8.91. The van der Waals surface area contributed by atoms with Crippen LogP contribution in [0.3, 0.4) is 0 Å². The highest BCUT2D eigenvalue weighted by Crippen LogP contribution is 2.45. The molecule has 2 fully saturated rings. The number of carboxylic acids is 1. The summed E-state index contributed by atoms with van der Waals surface area (Å²) in [5.74, 6) is 0.225. The first-order valence-electron chi connectivity index (χ1n) is 11.3. The summed E-state index contributed by atoms with van der Waals surface area (Å²) in [6.07, 6.45) is 8.26. The van der Waals surface area contributed by atoms with Gasteiger partial charge in [-0.3, -0.25) is 4.79 Å². The van der Waals surface area contributed by atoms with Gasteiger partial charge in [-0.25, -0.2) is 9.07 Å². The number of benzene rings is 2. The number of hydrogen-bond acceptors (Lipinski definition) is 4. The van der Waals surface area contributed by atoms with Crippen molar-refractivity contribution in [1.29, 1.82) is 0 Å². The summed E-state index contributed by atoms with van der Waals surface area (Å²) in [7, 11) is 1.55. The van der Waals surface area contributed by atoms with E-state index in [1.807, 2.05) is 30.4 Å². The van der Waals surface area contributed by atoms with Gasteiger partial charge in [0.15, 0.2) is 0 Å². The van der Waals surface area contributed by atoms with Crippen LogP contribution in [0.2, 0.25) is 0 Å². The minimum atomic E-state index is -0.761. The van der Waals surface area contributed by atoms with Crippen molar-refractivity contribution in [3.8, 4) is 11.4 Å². The molecule has 0 aliphatic heterocycles. The third kappa shape index (κ3) is 5.17. The molecule has 0 amide bonds. The molecule has 2 aliphatic rings. The van der Waals surface area contributed by atoms with Gasteiger partial charge in [-0.1, -0.05) is 35.6 Å².